The molecule has 2 N–H and O–H groups in total. The number of nitrogens with one attached hydrogen (secondary N) is 2. The molecule has 2 amide bonds. The van der Waals surface area contributed by atoms with Gasteiger partial charge in [-0.25, -0.2) is 4.98 Å². The summed E-state index contributed by atoms with van der Waals surface area (Å²) < 4.78 is 10.4. The number of hydrogen-bond donors (Lipinski definition) is 2. The summed E-state index contributed by atoms with van der Waals surface area (Å²) in [5, 5.41) is 7.68. The van der Waals surface area contributed by atoms with Gasteiger partial charge < -0.3 is 14.8 Å². The standard InChI is InChI=1S/C20H20N4O4S/c1-27-16-7-6-13(9-17(16)28-2)19(26)24-20-23-15(12-29-20)10-18(25)22-11-14-5-3-4-8-21-14/h3-9,12H,10-11H2,1-2H3,(H,22,25)(H,23,24,26). The molecule has 0 unspecified atom stereocenters. The lowest BCUT2D eigenvalue weighted by Gasteiger charge is -2.09. The third-order valence-corrected chi connectivity index (χ3v) is 4.76. The predicted molar refractivity (Wildman–Crippen MR) is 109 cm³/mol. The molecule has 150 valence electrons. The number of thiazole rings is 1. The molecule has 8 nitrogen and oxygen atoms in total. The van der Waals surface area contributed by atoms with Crippen molar-refractivity contribution in [2.24, 2.45) is 0 Å². The van der Waals surface area contributed by atoms with Gasteiger partial charge in [0.25, 0.3) is 5.91 Å². The Morgan fingerprint density at radius 2 is 1.90 bits per heavy atom. The Bertz CT molecular complexity index is 991. The smallest absolute Gasteiger partial charge is 0.257 e. The Kier molecular flexibility index (Phi) is 6.75. The zero-order chi connectivity index (χ0) is 20.6. The van der Waals surface area contributed by atoms with E-state index in [1.165, 1.54) is 25.6 Å². The Balaban J connectivity index is 1.55. The number of benzene rings is 1. The molecule has 0 saturated heterocycles. The van der Waals surface area contributed by atoms with Gasteiger partial charge in [0, 0.05) is 17.1 Å². The number of nitrogens with zero attached hydrogens (tertiary/aromatic N) is 2. The average molecular weight is 412 g/mol. The summed E-state index contributed by atoms with van der Waals surface area (Å²) in [7, 11) is 3.03. The predicted octanol–water partition coefficient (Wildman–Crippen LogP) is 2.67. The van der Waals surface area contributed by atoms with Crippen molar-refractivity contribution in [2.45, 2.75) is 13.0 Å². The van der Waals surface area contributed by atoms with Gasteiger partial charge in [-0.2, -0.15) is 0 Å². The van der Waals surface area contributed by atoms with Crippen molar-refractivity contribution in [1.82, 2.24) is 15.3 Å². The van der Waals surface area contributed by atoms with E-state index in [1.807, 2.05) is 18.2 Å². The van der Waals surface area contributed by atoms with Crippen molar-refractivity contribution in [3.8, 4) is 11.5 Å². The SMILES string of the molecule is COc1ccc(C(=O)Nc2nc(CC(=O)NCc3ccccn3)cs2)cc1OC. The van der Waals surface area contributed by atoms with Crippen molar-refractivity contribution >= 4 is 28.3 Å². The number of anilines is 1. The van der Waals surface area contributed by atoms with Gasteiger partial charge in [0.1, 0.15) is 0 Å². The lowest BCUT2D eigenvalue weighted by Crippen LogP contribution is -2.25. The molecule has 0 aliphatic heterocycles. The van der Waals surface area contributed by atoms with E-state index < -0.39 is 0 Å². The molecule has 2 heterocycles. The number of ether oxygens (including phenoxy) is 2. The number of hydrogen-bond acceptors (Lipinski definition) is 7. The first-order chi connectivity index (χ1) is 14.1. The molecule has 0 spiro atoms. The molecule has 9 heteroatoms. The van der Waals surface area contributed by atoms with E-state index in [1.54, 1.807) is 29.8 Å². The second-order valence-electron chi connectivity index (χ2n) is 5.94. The van der Waals surface area contributed by atoms with E-state index in [4.69, 9.17) is 9.47 Å². The van der Waals surface area contributed by atoms with Gasteiger partial charge in [-0.1, -0.05) is 6.07 Å². The summed E-state index contributed by atoms with van der Waals surface area (Å²) in [5.74, 6) is 0.507. The number of carbonyl (C=O) groups is 2. The number of pyridine rings is 1. The van der Waals surface area contributed by atoms with Crippen molar-refractivity contribution < 1.29 is 19.1 Å². The van der Waals surface area contributed by atoms with Crippen LogP contribution in [0.4, 0.5) is 5.13 Å². The maximum atomic E-state index is 12.4. The molecular weight excluding hydrogens is 392 g/mol. The third kappa shape index (κ3) is 5.52. The quantitative estimate of drug-likeness (QED) is 0.590. The zero-order valence-electron chi connectivity index (χ0n) is 16.0. The second-order valence-corrected chi connectivity index (χ2v) is 6.80. The average Bonchev–Trinajstić information content (AvgIpc) is 3.18. The van der Waals surface area contributed by atoms with Crippen LogP contribution >= 0.6 is 11.3 Å². The molecule has 0 atom stereocenters. The first kappa shape index (κ1) is 20.3. The van der Waals surface area contributed by atoms with Gasteiger partial charge in [0.05, 0.1) is 38.6 Å². The molecule has 0 fully saturated rings. The van der Waals surface area contributed by atoms with Crippen LogP contribution in [-0.4, -0.2) is 36.0 Å². The summed E-state index contributed by atoms with van der Waals surface area (Å²) in [6.07, 6.45) is 1.80. The molecule has 3 rings (SSSR count). The Hall–Kier alpha value is -3.46. The summed E-state index contributed by atoms with van der Waals surface area (Å²) >= 11 is 1.26. The van der Waals surface area contributed by atoms with E-state index in [-0.39, 0.29) is 18.2 Å². The topological polar surface area (TPSA) is 102 Å². The molecule has 1 aromatic carbocycles. The Labute approximate surface area is 171 Å². The summed E-state index contributed by atoms with van der Waals surface area (Å²) in [6.45, 7) is 0.354. The van der Waals surface area contributed by atoms with Gasteiger partial charge in [0.15, 0.2) is 16.6 Å². The molecule has 0 radical (unpaired) electrons. The molecular formula is C20H20N4O4S. The molecule has 0 saturated carbocycles. The maximum Gasteiger partial charge on any atom is 0.257 e. The largest absolute Gasteiger partial charge is 0.493 e. The fourth-order valence-corrected chi connectivity index (χ4v) is 3.22. The molecule has 0 bridgehead atoms. The molecule has 0 aliphatic rings. The molecule has 0 aliphatic carbocycles. The summed E-state index contributed by atoms with van der Waals surface area (Å²) in [6, 6.07) is 10.4. The number of methoxy groups -OCH3 is 2. The first-order valence-corrected chi connectivity index (χ1v) is 9.61. The molecule has 2 aromatic heterocycles. The first-order valence-electron chi connectivity index (χ1n) is 8.73. The lowest BCUT2D eigenvalue weighted by molar-refractivity contribution is -0.120. The minimum Gasteiger partial charge on any atom is -0.493 e. The van der Waals surface area contributed by atoms with Crippen molar-refractivity contribution in [3.63, 3.8) is 0 Å². The third-order valence-electron chi connectivity index (χ3n) is 3.95. The Morgan fingerprint density at radius 3 is 2.62 bits per heavy atom. The van der Waals surface area contributed by atoms with Gasteiger partial charge >= 0.3 is 0 Å². The zero-order valence-corrected chi connectivity index (χ0v) is 16.8. The van der Waals surface area contributed by atoms with Crippen molar-refractivity contribution in [1.29, 1.82) is 0 Å². The monoisotopic (exact) mass is 412 g/mol. The maximum absolute atomic E-state index is 12.4. The van der Waals surface area contributed by atoms with Crippen LogP contribution in [0.2, 0.25) is 0 Å². The van der Waals surface area contributed by atoms with Gasteiger partial charge in [-0.05, 0) is 30.3 Å². The minimum atomic E-state index is -0.327. The number of carbonyl (C=O) groups excluding carboxylic acids is 2. The van der Waals surface area contributed by atoms with Crippen LogP contribution in [0.1, 0.15) is 21.7 Å². The van der Waals surface area contributed by atoms with Crippen LogP contribution < -0.4 is 20.1 Å². The lowest BCUT2D eigenvalue weighted by atomic mass is 10.2. The Morgan fingerprint density at radius 1 is 1.07 bits per heavy atom. The summed E-state index contributed by atoms with van der Waals surface area (Å²) in [4.78, 5) is 33.0. The van der Waals surface area contributed by atoms with Gasteiger partial charge in [-0.15, -0.1) is 11.3 Å². The van der Waals surface area contributed by atoms with Crippen LogP contribution in [0.5, 0.6) is 11.5 Å². The van der Waals surface area contributed by atoms with E-state index in [0.717, 1.165) is 5.69 Å². The second kappa shape index (κ2) is 9.65. The highest BCUT2D eigenvalue weighted by atomic mass is 32.1. The number of rotatable bonds is 8. The van der Waals surface area contributed by atoms with Crippen LogP contribution in [0, 0.1) is 0 Å². The van der Waals surface area contributed by atoms with E-state index >= 15 is 0 Å². The van der Waals surface area contributed by atoms with Crippen molar-refractivity contribution in [2.75, 3.05) is 19.5 Å². The fourth-order valence-electron chi connectivity index (χ4n) is 2.51. The van der Waals surface area contributed by atoms with Gasteiger partial charge in [0.2, 0.25) is 5.91 Å². The molecule has 3 aromatic rings. The van der Waals surface area contributed by atoms with Crippen LogP contribution in [0.3, 0.4) is 0 Å². The molecule has 29 heavy (non-hydrogen) atoms. The van der Waals surface area contributed by atoms with Crippen LogP contribution in [-0.2, 0) is 17.8 Å². The highest BCUT2D eigenvalue weighted by molar-refractivity contribution is 7.14. The van der Waals surface area contributed by atoms with Crippen LogP contribution in [0.25, 0.3) is 0 Å². The van der Waals surface area contributed by atoms with Crippen molar-refractivity contribution in [3.05, 3.63) is 64.9 Å². The minimum absolute atomic E-state index is 0.121. The number of amides is 2. The normalized spacial score (nSPS) is 10.3. The number of aromatic nitrogens is 2. The van der Waals surface area contributed by atoms with E-state index in [9.17, 15) is 9.59 Å². The fraction of sp³-hybridized carbons (Fsp3) is 0.200. The van der Waals surface area contributed by atoms with Gasteiger partial charge in [-0.3, -0.25) is 19.9 Å². The summed E-state index contributed by atoms with van der Waals surface area (Å²) in [5.41, 5.74) is 1.77. The highest BCUT2D eigenvalue weighted by Crippen LogP contribution is 2.28. The van der Waals surface area contributed by atoms with E-state index in [0.29, 0.717) is 34.4 Å². The van der Waals surface area contributed by atoms with E-state index in [2.05, 4.69) is 20.6 Å². The van der Waals surface area contributed by atoms with Crippen LogP contribution in [0.15, 0.2) is 48.0 Å². The highest BCUT2D eigenvalue weighted by Gasteiger charge is 2.14.